The number of quaternary nitrogens is 2. The molecule has 0 saturated heterocycles. The summed E-state index contributed by atoms with van der Waals surface area (Å²) in [5.74, 6) is 0.112. The summed E-state index contributed by atoms with van der Waals surface area (Å²) in [5, 5.41) is 12.0. The van der Waals surface area contributed by atoms with Crippen LogP contribution in [0.15, 0.2) is 4.99 Å². The molecule has 0 radical (unpaired) electrons. The SMILES string of the molecule is CCCCCCCCCCCCCCCCCC([O-])=NCC[N+](C)(C)CC[N+](C)(C)C.COS(=O)(=O)O.COS(=O)(=O)[O-]. The maximum absolute atomic E-state index is 12.0. The number of rotatable bonds is 24. The largest absolute Gasteiger partial charge is 0.862 e. The van der Waals surface area contributed by atoms with Crippen molar-refractivity contribution in [2.75, 3.05) is 75.6 Å². The molecule has 0 atom stereocenters. The topological polar surface area (TPSA) is 165 Å². The summed E-state index contributed by atoms with van der Waals surface area (Å²) in [4.78, 5) is 4.30. The van der Waals surface area contributed by atoms with Crippen LogP contribution in [0, 0.1) is 0 Å². The highest BCUT2D eigenvalue weighted by Crippen LogP contribution is 2.13. The van der Waals surface area contributed by atoms with E-state index in [1.54, 1.807) is 0 Å². The number of hydrogen-bond acceptors (Lipinski definition) is 9. The van der Waals surface area contributed by atoms with Gasteiger partial charge in [0, 0.05) is 0 Å². The Morgan fingerprint density at radius 3 is 1.33 bits per heavy atom. The van der Waals surface area contributed by atoms with Gasteiger partial charge in [0.15, 0.2) is 0 Å². The lowest BCUT2D eigenvalue weighted by Gasteiger charge is -2.33. The van der Waals surface area contributed by atoms with Crippen LogP contribution >= 0.6 is 0 Å². The Bertz CT molecular complexity index is 842. The second-order valence-corrected chi connectivity index (χ2v) is 14.9. The number of nitrogens with zero attached hydrogens (tertiary/aromatic N) is 3. The van der Waals surface area contributed by atoms with E-state index in [2.05, 4.69) is 55.5 Å². The molecule has 14 heteroatoms. The van der Waals surface area contributed by atoms with Gasteiger partial charge in [-0.15, -0.1) is 0 Å². The molecule has 0 fully saturated rings. The van der Waals surface area contributed by atoms with Crippen LogP contribution in [-0.4, -0.2) is 116 Å². The zero-order chi connectivity index (χ0) is 33.8. The lowest BCUT2D eigenvalue weighted by molar-refractivity contribution is -0.936. The van der Waals surface area contributed by atoms with Gasteiger partial charge in [-0.2, -0.15) is 8.42 Å². The van der Waals surface area contributed by atoms with Crippen molar-refractivity contribution in [3.8, 4) is 0 Å². The van der Waals surface area contributed by atoms with Gasteiger partial charge in [0.1, 0.15) is 13.1 Å². The lowest BCUT2D eigenvalue weighted by atomic mass is 10.0. The third-order valence-electron chi connectivity index (χ3n) is 6.78. The maximum atomic E-state index is 12.0. The van der Waals surface area contributed by atoms with Gasteiger partial charge in [-0.3, -0.25) is 17.9 Å². The van der Waals surface area contributed by atoms with Crippen molar-refractivity contribution in [3.05, 3.63) is 0 Å². The first-order chi connectivity index (χ1) is 19.8. The fraction of sp³-hybridized carbons (Fsp3) is 0.966. The Morgan fingerprint density at radius 2 is 1.02 bits per heavy atom. The first-order valence-corrected chi connectivity index (χ1v) is 18.4. The molecule has 0 unspecified atom stereocenters. The average Bonchev–Trinajstić information content (AvgIpc) is 2.89. The predicted molar refractivity (Wildman–Crippen MR) is 172 cm³/mol. The van der Waals surface area contributed by atoms with Gasteiger partial charge in [0.25, 0.3) is 0 Å². The fourth-order valence-electron chi connectivity index (χ4n) is 3.85. The van der Waals surface area contributed by atoms with Crippen LogP contribution in [0.25, 0.3) is 0 Å². The summed E-state index contributed by atoms with van der Waals surface area (Å²) in [6.07, 6.45) is 21.0. The van der Waals surface area contributed by atoms with E-state index in [0.29, 0.717) is 13.0 Å². The third kappa shape index (κ3) is 48.2. The normalized spacial score (nSPS) is 12.7. The Balaban J connectivity index is -0.00000111. The monoisotopic (exact) mass is 663 g/mol. The highest BCUT2D eigenvalue weighted by atomic mass is 32.3. The molecular weight excluding hydrogens is 598 g/mol. The van der Waals surface area contributed by atoms with Crippen LogP contribution in [-0.2, 0) is 29.2 Å². The highest BCUT2D eigenvalue weighted by molar-refractivity contribution is 7.81. The van der Waals surface area contributed by atoms with Crippen molar-refractivity contribution in [1.82, 2.24) is 0 Å². The van der Waals surface area contributed by atoms with Gasteiger partial charge in [-0.05, 0) is 18.7 Å². The summed E-state index contributed by atoms with van der Waals surface area (Å²) in [5.41, 5.74) is 0. The van der Waals surface area contributed by atoms with E-state index in [9.17, 15) is 26.5 Å². The summed E-state index contributed by atoms with van der Waals surface area (Å²) in [6.45, 7) is 6.16. The molecule has 262 valence electrons. The summed E-state index contributed by atoms with van der Waals surface area (Å²) in [6, 6.07) is 0. The van der Waals surface area contributed by atoms with E-state index >= 15 is 0 Å². The molecule has 0 aliphatic rings. The first-order valence-electron chi connectivity index (χ1n) is 15.7. The number of aliphatic imine (C=N–C) groups is 1. The summed E-state index contributed by atoms with van der Waals surface area (Å²) < 4.78 is 62.6. The van der Waals surface area contributed by atoms with E-state index in [-0.39, 0.29) is 5.90 Å². The van der Waals surface area contributed by atoms with Crippen LogP contribution in [0.5, 0.6) is 0 Å². The van der Waals surface area contributed by atoms with Crippen molar-refractivity contribution in [3.63, 3.8) is 0 Å². The van der Waals surface area contributed by atoms with E-state index in [0.717, 1.165) is 49.2 Å². The Kier molecular flexibility index (Phi) is 29.7. The molecule has 43 heavy (non-hydrogen) atoms. The molecule has 0 saturated carbocycles. The highest BCUT2D eigenvalue weighted by Gasteiger charge is 2.19. The van der Waals surface area contributed by atoms with Crippen LogP contribution in [0.3, 0.4) is 0 Å². The minimum Gasteiger partial charge on any atom is -0.862 e. The van der Waals surface area contributed by atoms with Crippen LogP contribution in [0.1, 0.15) is 110 Å². The smallest absolute Gasteiger partial charge is 0.397 e. The number of hydrogen-bond donors (Lipinski definition) is 1. The van der Waals surface area contributed by atoms with Crippen LogP contribution in [0.4, 0.5) is 0 Å². The van der Waals surface area contributed by atoms with Gasteiger partial charge in [0.2, 0.25) is 10.4 Å². The van der Waals surface area contributed by atoms with E-state index in [4.69, 9.17) is 4.55 Å². The first kappa shape index (κ1) is 46.5. The van der Waals surface area contributed by atoms with Crippen LogP contribution in [0.2, 0.25) is 0 Å². The molecule has 0 bridgehead atoms. The number of likely N-dealkylation sites (N-methyl/N-ethyl adjacent to an activating group) is 2. The maximum Gasteiger partial charge on any atom is 0.397 e. The molecule has 0 aromatic carbocycles. The molecular formula is C29H65N3O9S2. The zero-order valence-corrected chi connectivity index (χ0v) is 30.1. The molecule has 0 spiro atoms. The molecule has 0 rings (SSSR count). The minimum absolute atomic E-state index is 0.112. The number of unbranched alkanes of at least 4 members (excludes halogenated alkanes) is 14. The molecule has 0 aromatic rings. The molecule has 12 nitrogen and oxygen atoms in total. The predicted octanol–water partition coefficient (Wildman–Crippen LogP) is 4.32. The van der Waals surface area contributed by atoms with Crippen molar-refractivity contribution in [2.45, 2.75) is 110 Å². The Hall–Kier alpha value is -0.870. The van der Waals surface area contributed by atoms with Gasteiger partial charge >= 0.3 is 10.4 Å². The standard InChI is InChI=1S/C27H58N3O.2CH4O4S/c1-7-8-9-10-11-12-13-14-15-16-17-18-19-20-21-22-27(31)28-23-24-30(5,6)26-25-29(2,3)4;2*1-5-6(2,3)4/h7-26H2,1-6H3;2*1H3,(H,2,3,4)/q+1;;/p-1. The van der Waals surface area contributed by atoms with Crippen molar-refractivity contribution < 1.29 is 48.4 Å². The fourth-order valence-corrected chi connectivity index (χ4v) is 3.85. The van der Waals surface area contributed by atoms with Gasteiger partial charge in [0.05, 0.1) is 62.5 Å². The van der Waals surface area contributed by atoms with E-state index in [1.807, 2.05) is 0 Å². The minimum atomic E-state index is -4.41. The summed E-state index contributed by atoms with van der Waals surface area (Å²) in [7, 11) is 4.27. The molecule has 0 aliphatic heterocycles. The molecule has 0 aromatic heterocycles. The Labute approximate surface area is 265 Å². The van der Waals surface area contributed by atoms with Gasteiger partial charge in [-0.1, -0.05) is 96.8 Å². The van der Waals surface area contributed by atoms with Crippen molar-refractivity contribution >= 4 is 26.7 Å². The molecule has 0 aliphatic carbocycles. The second-order valence-electron chi connectivity index (χ2n) is 12.5. The molecule has 1 N–H and O–H groups in total. The van der Waals surface area contributed by atoms with Gasteiger partial charge in [-0.25, -0.2) is 8.42 Å². The zero-order valence-electron chi connectivity index (χ0n) is 28.5. The van der Waals surface area contributed by atoms with E-state index < -0.39 is 20.8 Å². The van der Waals surface area contributed by atoms with Crippen molar-refractivity contribution in [2.24, 2.45) is 4.99 Å². The second kappa shape index (κ2) is 27.4. The third-order valence-corrected chi connectivity index (χ3v) is 7.61. The molecule has 0 amide bonds. The van der Waals surface area contributed by atoms with Gasteiger partial charge < -0.3 is 18.6 Å². The Morgan fingerprint density at radius 1 is 0.674 bits per heavy atom. The van der Waals surface area contributed by atoms with Crippen LogP contribution < -0.4 is 5.11 Å². The van der Waals surface area contributed by atoms with Crippen molar-refractivity contribution in [1.29, 1.82) is 0 Å². The molecule has 0 heterocycles. The quantitative estimate of drug-likeness (QED) is 0.0395. The lowest BCUT2D eigenvalue weighted by Crippen LogP contribution is -2.50. The average molecular weight is 664 g/mol. The summed E-state index contributed by atoms with van der Waals surface area (Å²) >= 11 is 0. The van der Waals surface area contributed by atoms with E-state index in [1.165, 1.54) is 89.9 Å².